The number of rotatable bonds is 7. The number of hydrogen-bond donors (Lipinski definition) is 0. The fraction of sp³-hybridized carbons (Fsp3) is 0.571. The molecule has 1 nitrogen and oxygen atoms in total. The first-order valence-corrected chi connectivity index (χ1v) is 5.87. The van der Waals surface area contributed by atoms with E-state index in [0.717, 1.165) is 12.4 Å². The van der Waals surface area contributed by atoms with Crippen molar-refractivity contribution in [1.29, 1.82) is 0 Å². The van der Waals surface area contributed by atoms with Gasteiger partial charge in [0.1, 0.15) is 5.75 Å². The lowest BCUT2D eigenvalue weighted by atomic mass is 10.0. The van der Waals surface area contributed by atoms with E-state index in [2.05, 4.69) is 26.0 Å². The maximum absolute atomic E-state index is 5.67. The van der Waals surface area contributed by atoms with Gasteiger partial charge in [0.05, 0.1) is 6.61 Å². The Balaban J connectivity index is 2.28. The molecule has 1 heteroatoms. The molecule has 82 valence electrons. The highest BCUT2D eigenvalue weighted by atomic mass is 16.5. The maximum Gasteiger partial charge on any atom is 0.127 e. The predicted molar refractivity (Wildman–Crippen MR) is 62.9 cm³/mol. The number of unbranched alkanes of at least 4 members (excludes halogenated alkanes) is 1. The molecule has 1 aromatic carbocycles. The molecule has 0 saturated heterocycles. The van der Waals surface area contributed by atoms with Gasteiger partial charge in [-0.1, -0.05) is 39.2 Å². The molecule has 0 aliphatic carbocycles. The van der Waals surface area contributed by atoms with Gasteiger partial charge >= 0.3 is 0 Å². The lowest BCUT2D eigenvalue weighted by Crippen LogP contribution is -2.11. The third kappa shape index (κ3) is 4.87. The zero-order valence-corrected chi connectivity index (χ0v) is 9.75. The lowest BCUT2D eigenvalue weighted by molar-refractivity contribution is 0.233. The van der Waals surface area contributed by atoms with E-state index in [9.17, 15) is 0 Å². The topological polar surface area (TPSA) is 9.23 Å². The van der Waals surface area contributed by atoms with Crippen molar-refractivity contribution >= 4 is 0 Å². The molecule has 1 rings (SSSR count). The minimum absolute atomic E-state index is 0.679. The summed E-state index contributed by atoms with van der Waals surface area (Å²) in [6, 6.07) is 11.6. The molecular weight excluding hydrogens is 184 g/mol. The van der Waals surface area contributed by atoms with Crippen LogP contribution in [0.15, 0.2) is 18.2 Å². The van der Waals surface area contributed by atoms with Gasteiger partial charge in [-0.3, -0.25) is 0 Å². The minimum Gasteiger partial charge on any atom is -0.493 e. The monoisotopic (exact) mass is 204 g/mol. The Morgan fingerprint density at radius 2 is 2.20 bits per heavy atom. The van der Waals surface area contributed by atoms with Gasteiger partial charge in [0.25, 0.3) is 0 Å². The predicted octanol–water partition coefficient (Wildman–Crippen LogP) is 3.88. The van der Waals surface area contributed by atoms with Gasteiger partial charge in [-0.2, -0.15) is 0 Å². The van der Waals surface area contributed by atoms with Gasteiger partial charge in [-0.15, -0.1) is 0 Å². The van der Waals surface area contributed by atoms with Crippen molar-refractivity contribution < 1.29 is 4.74 Å². The Hall–Kier alpha value is -0.980. The third-order valence-corrected chi connectivity index (χ3v) is 2.64. The van der Waals surface area contributed by atoms with Crippen molar-refractivity contribution in [2.45, 2.75) is 39.5 Å². The summed E-state index contributed by atoms with van der Waals surface area (Å²) < 4.78 is 5.67. The fourth-order valence-corrected chi connectivity index (χ4v) is 1.53. The van der Waals surface area contributed by atoms with Crippen LogP contribution in [0.2, 0.25) is 0 Å². The third-order valence-electron chi connectivity index (χ3n) is 2.64. The molecule has 0 saturated carbocycles. The van der Waals surface area contributed by atoms with Crippen LogP contribution in [-0.2, 0) is 0 Å². The van der Waals surface area contributed by atoms with Crippen LogP contribution in [0.5, 0.6) is 5.75 Å². The van der Waals surface area contributed by atoms with E-state index in [4.69, 9.17) is 4.74 Å². The van der Waals surface area contributed by atoms with Crippen molar-refractivity contribution in [1.82, 2.24) is 0 Å². The quantitative estimate of drug-likeness (QED) is 0.655. The Kier molecular flexibility index (Phi) is 5.91. The average molecular weight is 204 g/mol. The van der Waals surface area contributed by atoms with Crippen molar-refractivity contribution in [3.63, 3.8) is 0 Å². The van der Waals surface area contributed by atoms with E-state index >= 15 is 0 Å². The largest absolute Gasteiger partial charge is 0.493 e. The smallest absolute Gasteiger partial charge is 0.127 e. The Labute approximate surface area is 93.5 Å². The first-order chi connectivity index (χ1) is 7.36. The molecule has 1 atom stereocenters. The molecule has 0 fully saturated rings. The second kappa shape index (κ2) is 7.33. The van der Waals surface area contributed by atoms with E-state index in [1.165, 1.54) is 25.7 Å². The number of benzene rings is 1. The van der Waals surface area contributed by atoms with Crippen LogP contribution in [0.3, 0.4) is 0 Å². The molecule has 2 radical (unpaired) electrons. The van der Waals surface area contributed by atoms with Gasteiger partial charge in [0, 0.05) is 6.07 Å². The van der Waals surface area contributed by atoms with Crippen LogP contribution < -0.4 is 4.74 Å². The van der Waals surface area contributed by atoms with Gasteiger partial charge < -0.3 is 4.74 Å². The van der Waals surface area contributed by atoms with E-state index in [1.54, 1.807) is 0 Å². The molecule has 1 unspecified atom stereocenters. The summed E-state index contributed by atoms with van der Waals surface area (Å²) >= 11 is 0. The summed E-state index contributed by atoms with van der Waals surface area (Å²) in [5.41, 5.74) is 0. The minimum atomic E-state index is 0.679. The molecule has 0 heterocycles. The van der Waals surface area contributed by atoms with Gasteiger partial charge in [0.2, 0.25) is 0 Å². The summed E-state index contributed by atoms with van der Waals surface area (Å²) in [7, 11) is 0. The Bertz CT molecular complexity index is 243. The van der Waals surface area contributed by atoms with Crippen LogP contribution in [0.4, 0.5) is 0 Å². The maximum atomic E-state index is 5.67. The molecule has 1 aromatic rings. The summed E-state index contributed by atoms with van der Waals surface area (Å²) in [5, 5.41) is 0. The Morgan fingerprint density at radius 1 is 1.33 bits per heavy atom. The van der Waals surface area contributed by atoms with Crippen LogP contribution in [-0.4, -0.2) is 6.61 Å². The molecule has 0 amide bonds. The molecule has 15 heavy (non-hydrogen) atoms. The molecule has 0 spiro atoms. The first kappa shape index (κ1) is 12.1. The van der Waals surface area contributed by atoms with Gasteiger partial charge in [0.15, 0.2) is 0 Å². The first-order valence-electron chi connectivity index (χ1n) is 5.87. The second-order valence-electron chi connectivity index (χ2n) is 3.88. The number of hydrogen-bond acceptors (Lipinski definition) is 1. The molecular formula is C14H20O. The van der Waals surface area contributed by atoms with Crippen molar-refractivity contribution in [3.05, 3.63) is 30.3 Å². The zero-order valence-electron chi connectivity index (χ0n) is 9.75. The van der Waals surface area contributed by atoms with Gasteiger partial charge in [-0.05, 0) is 30.5 Å². The van der Waals surface area contributed by atoms with Crippen LogP contribution in [0.25, 0.3) is 0 Å². The highest BCUT2D eigenvalue weighted by Crippen LogP contribution is 2.15. The van der Waals surface area contributed by atoms with E-state index in [1.807, 2.05) is 18.2 Å². The molecule has 0 aliphatic rings. The van der Waals surface area contributed by atoms with E-state index in [-0.39, 0.29) is 0 Å². The van der Waals surface area contributed by atoms with Gasteiger partial charge in [-0.25, -0.2) is 0 Å². The highest BCUT2D eigenvalue weighted by molar-refractivity contribution is 5.18. The SMILES string of the molecule is CCCCC(CC)COc1[c]cc[c]c1. The molecule has 0 N–H and O–H groups in total. The van der Waals surface area contributed by atoms with Crippen molar-refractivity contribution in [2.75, 3.05) is 6.61 Å². The van der Waals surface area contributed by atoms with Crippen LogP contribution in [0.1, 0.15) is 39.5 Å². The molecule has 0 aliphatic heterocycles. The fourth-order valence-electron chi connectivity index (χ4n) is 1.53. The molecule has 0 bridgehead atoms. The van der Waals surface area contributed by atoms with Crippen LogP contribution >= 0.6 is 0 Å². The summed E-state index contributed by atoms with van der Waals surface area (Å²) in [6.45, 7) is 5.27. The second-order valence-corrected chi connectivity index (χ2v) is 3.88. The van der Waals surface area contributed by atoms with Crippen molar-refractivity contribution in [3.8, 4) is 5.75 Å². The normalized spacial score (nSPS) is 12.4. The van der Waals surface area contributed by atoms with E-state index < -0.39 is 0 Å². The summed E-state index contributed by atoms with van der Waals surface area (Å²) in [6.07, 6.45) is 5.02. The van der Waals surface area contributed by atoms with Crippen molar-refractivity contribution in [2.24, 2.45) is 5.92 Å². The average Bonchev–Trinajstić information content (AvgIpc) is 2.31. The van der Waals surface area contributed by atoms with Crippen LogP contribution in [0, 0.1) is 18.1 Å². The summed E-state index contributed by atoms with van der Waals surface area (Å²) in [5.74, 6) is 1.49. The van der Waals surface area contributed by atoms with E-state index in [0.29, 0.717) is 5.92 Å². The Morgan fingerprint density at radius 3 is 2.80 bits per heavy atom. The zero-order chi connectivity index (χ0) is 10.9. The highest BCUT2D eigenvalue weighted by Gasteiger charge is 2.06. The lowest BCUT2D eigenvalue weighted by Gasteiger charge is -2.15. The summed E-state index contributed by atoms with van der Waals surface area (Å²) in [4.78, 5) is 0. The standard InChI is InChI=1S/C14H20O/c1-3-5-9-13(4-2)12-15-14-10-7-6-8-11-14/h6-7,11,13H,3-5,9,12H2,1-2H3. The number of ether oxygens (including phenoxy) is 1. The molecule has 0 aromatic heterocycles.